The highest BCUT2D eigenvalue weighted by Gasteiger charge is 2.31. The van der Waals surface area contributed by atoms with E-state index in [-0.39, 0.29) is 5.56 Å². The molecule has 0 saturated carbocycles. The van der Waals surface area contributed by atoms with Crippen molar-refractivity contribution >= 4 is 0 Å². The second kappa shape index (κ2) is 8.01. The summed E-state index contributed by atoms with van der Waals surface area (Å²) in [5.41, 5.74) is 4.87. The number of aromatic nitrogens is 2. The molecule has 2 bridgehead atoms. The summed E-state index contributed by atoms with van der Waals surface area (Å²) in [6, 6.07) is 8.43. The van der Waals surface area contributed by atoms with Gasteiger partial charge in [0.2, 0.25) is 0 Å². The van der Waals surface area contributed by atoms with E-state index in [1.807, 2.05) is 12.3 Å². The zero-order valence-electron chi connectivity index (χ0n) is 17.3. The third kappa shape index (κ3) is 3.89. The molecule has 0 amide bonds. The molecule has 5 rings (SSSR count). The molecule has 0 spiro atoms. The van der Waals surface area contributed by atoms with Crippen molar-refractivity contribution < 1.29 is 0 Å². The molecule has 6 heteroatoms. The molecule has 0 aliphatic carbocycles. The number of rotatable bonds is 4. The van der Waals surface area contributed by atoms with Gasteiger partial charge in [0, 0.05) is 75.7 Å². The molecule has 6 nitrogen and oxygen atoms in total. The van der Waals surface area contributed by atoms with Crippen LogP contribution in [0.3, 0.4) is 0 Å². The van der Waals surface area contributed by atoms with Crippen LogP contribution in [0.2, 0.25) is 0 Å². The van der Waals surface area contributed by atoms with Crippen molar-refractivity contribution in [3.05, 3.63) is 63.3 Å². The van der Waals surface area contributed by atoms with Crippen LogP contribution in [0.25, 0.3) is 0 Å². The van der Waals surface area contributed by atoms with Gasteiger partial charge in [0.05, 0.1) is 5.69 Å². The maximum Gasteiger partial charge on any atom is 0.255 e. The van der Waals surface area contributed by atoms with E-state index in [9.17, 15) is 4.79 Å². The van der Waals surface area contributed by atoms with E-state index in [0.717, 1.165) is 64.5 Å². The molecule has 0 radical (unpaired) electrons. The highest BCUT2D eigenvalue weighted by molar-refractivity contribution is 5.22. The van der Waals surface area contributed by atoms with Crippen LogP contribution < -0.4 is 10.9 Å². The van der Waals surface area contributed by atoms with E-state index in [1.165, 1.54) is 23.4 Å². The number of fused-ring (bicyclic) bond motifs is 4. The SMILES string of the molecule is Cc1cccnc1CN1CCN(Cc2ccc3n(c2=O)C[C@@H]2CNC[C@H]3C2)CC1. The highest BCUT2D eigenvalue weighted by atomic mass is 16.1. The third-order valence-corrected chi connectivity index (χ3v) is 6.94. The molecule has 2 saturated heterocycles. The lowest BCUT2D eigenvalue weighted by Crippen LogP contribution is -2.47. The Morgan fingerprint density at radius 3 is 2.66 bits per heavy atom. The largest absolute Gasteiger partial charge is 0.316 e. The van der Waals surface area contributed by atoms with Gasteiger partial charge >= 0.3 is 0 Å². The number of aryl methyl sites for hydroxylation is 1. The fourth-order valence-electron chi connectivity index (χ4n) is 5.20. The Balaban J connectivity index is 1.23. The van der Waals surface area contributed by atoms with E-state index in [0.29, 0.717) is 11.8 Å². The van der Waals surface area contributed by atoms with Crippen molar-refractivity contribution in [2.24, 2.45) is 5.92 Å². The molecule has 5 heterocycles. The number of hydrogen-bond donors (Lipinski definition) is 1. The monoisotopic (exact) mass is 393 g/mol. The number of pyridine rings is 2. The fourth-order valence-corrected chi connectivity index (χ4v) is 5.20. The van der Waals surface area contributed by atoms with Gasteiger partial charge < -0.3 is 9.88 Å². The first-order valence-corrected chi connectivity index (χ1v) is 11.0. The van der Waals surface area contributed by atoms with Gasteiger partial charge in [-0.3, -0.25) is 19.6 Å². The number of piperazine rings is 1. The Labute approximate surface area is 172 Å². The van der Waals surface area contributed by atoms with Gasteiger partial charge in [-0.25, -0.2) is 0 Å². The van der Waals surface area contributed by atoms with Gasteiger partial charge in [-0.2, -0.15) is 0 Å². The lowest BCUT2D eigenvalue weighted by Gasteiger charge is -2.38. The maximum absolute atomic E-state index is 13.2. The predicted octanol–water partition coefficient (Wildman–Crippen LogP) is 1.58. The van der Waals surface area contributed by atoms with Gasteiger partial charge in [0.1, 0.15) is 0 Å². The first kappa shape index (κ1) is 19.0. The molecule has 0 aromatic carbocycles. The van der Waals surface area contributed by atoms with Crippen molar-refractivity contribution in [2.75, 3.05) is 39.3 Å². The fraction of sp³-hybridized carbons (Fsp3) is 0.565. The van der Waals surface area contributed by atoms with Gasteiger partial charge in [0.25, 0.3) is 5.56 Å². The number of nitrogens with zero attached hydrogens (tertiary/aromatic N) is 4. The molecule has 3 aliphatic rings. The second-order valence-corrected chi connectivity index (χ2v) is 8.98. The number of piperidine rings is 1. The lowest BCUT2D eigenvalue weighted by atomic mass is 9.84. The summed E-state index contributed by atoms with van der Waals surface area (Å²) in [6.45, 7) is 10.8. The average molecular weight is 394 g/mol. The third-order valence-electron chi connectivity index (χ3n) is 6.94. The summed E-state index contributed by atoms with van der Waals surface area (Å²) in [7, 11) is 0. The number of nitrogens with one attached hydrogen (secondary N) is 1. The minimum Gasteiger partial charge on any atom is -0.316 e. The first-order chi connectivity index (χ1) is 14.2. The second-order valence-electron chi connectivity index (χ2n) is 8.98. The van der Waals surface area contributed by atoms with Gasteiger partial charge in [-0.05, 0) is 43.5 Å². The zero-order chi connectivity index (χ0) is 19.8. The Hall–Kier alpha value is -2.02. The van der Waals surface area contributed by atoms with E-state index in [2.05, 4.69) is 49.8 Å². The normalized spacial score (nSPS) is 25.0. The molecule has 29 heavy (non-hydrogen) atoms. The van der Waals surface area contributed by atoms with E-state index in [1.54, 1.807) is 0 Å². The standard InChI is InChI=1S/C23H31N5O/c1-17-3-2-6-25-21(17)16-27-9-7-26(8-10-27)15-19-4-5-22-20-11-18(12-24-13-20)14-28(22)23(19)29/h2-6,18,20,24H,7-16H2,1H3/t18-,20+/m0/s1. The van der Waals surface area contributed by atoms with Crippen LogP contribution in [-0.2, 0) is 19.6 Å². The Bertz CT molecular complexity index is 931. The summed E-state index contributed by atoms with van der Waals surface area (Å²) < 4.78 is 2.08. The van der Waals surface area contributed by atoms with E-state index in [4.69, 9.17) is 0 Å². The summed E-state index contributed by atoms with van der Waals surface area (Å²) in [4.78, 5) is 22.6. The van der Waals surface area contributed by atoms with Gasteiger partial charge in [-0.15, -0.1) is 0 Å². The van der Waals surface area contributed by atoms with Crippen LogP contribution in [0.5, 0.6) is 0 Å². The van der Waals surface area contributed by atoms with Crippen molar-refractivity contribution in [2.45, 2.75) is 38.9 Å². The maximum atomic E-state index is 13.2. The van der Waals surface area contributed by atoms with Crippen LogP contribution in [0.1, 0.15) is 34.9 Å². The molecule has 0 unspecified atom stereocenters. The highest BCUT2D eigenvalue weighted by Crippen LogP contribution is 2.31. The smallest absolute Gasteiger partial charge is 0.255 e. The van der Waals surface area contributed by atoms with Crippen LogP contribution in [-0.4, -0.2) is 58.6 Å². The van der Waals surface area contributed by atoms with E-state index >= 15 is 0 Å². The summed E-state index contributed by atoms with van der Waals surface area (Å²) >= 11 is 0. The molecule has 2 aromatic rings. The zero-order valence-corrected chi connectivity index (χ0v) is 17.3. The quantitative estimate of drug-likeness (QED) is 0.855. The van der Waals surface area contributed by atoms with Crippen molar-refractivity contribution in [3.8, 4) is 0 Å². The Morgan fingerprint density at radius 2 is 1.86 bits per heavy atom. The molecule has 1 N–H and O–H groups in total. The minimum atomic E-state index is 0.241. The van der Waals surface area contributed by atoms with Crippen LogP contribution >= 0.6 is 0 Å². The molecular weight excluding hydrogens is 362 g/mol. The van der Waals surface area contributed by atoms with Crippen LogP contribution in [0.4, 0.5) is 0 Å². The minimum absolute atomic E-state index is 0.241. The molecule has 154 valence electrons. The van der Waals surface area contributed by atoms with Crippen molar-refractivity contribution in [3.63, 3.8) is 0 Å². The molecular formula is C23H31N5O. The lowest BCUT2D eigenvalue weighted by molar-refractivity contribution is 0.120. The molecule has 3 aliphatic heterocycles. The number of hydrogen-bond acceptors (Lipinski definition) is 5. The first-order valence-electron chi connectivity index (χ1n) is 11.0. The molecule has 2 fully saturated rings. The van der Waals surface area contributed by atoms with Crippen LogP contribution in [0.15, 0.2) is 35.3 Å². The van der Waals surface area contributed by atoms with Gasteiger partial charge in [-0.1, -0.05) is 12.1 Å². The topological polar surface area (TPSA) is 53.4 Å². The van der Waals surface area contributed by atoms with Crippen molar-refractivity contribution in [1.82, 2.24) is 24.7 Å². The van der Waals surface area contributed by atoms with Crippen LogP contribution in [0, 0.1) is 12.8 Å². The molecule has 2 atom stereocenters. The molecule has 2 aromatic heterocycles. The van der Waals surface area contributed by atoms with Crippen molar-refractivity contribution in [1.29, 1.82) is 0 Å². The average Bonchev–Trinajstić information content (AvgIpc) is 2.74. The van der Waals surface area contributed by atoms with Gasteiger partial charge in [0.15, 0.2) is 0 Å². The summed E-state index contributed by atoms with van der Waals surface area (Å²) in [5, 5.41) is 3.52. The Morgan fingerprint density at radius 1 is 1.07 bits per heavy atom. The summed E-state index contributed by atoms with van der Waals surface area (Å²) in [6.07, 6.45) is 3.11. The predicted molar refractivity (Wildman–Crippen MR) is 114 cm³/mol. The Kier molecular flexibility index (Phi) is 5.24. The van der Waals surface area contributed by atoms with E-state index < -0.39 is 0 Å². The summed E-state index contributed by atoms with van der Waals surface area (Å²) in [5.74, 6) is 1.11.